The summed E-state index contributed by atoms with van der Waals surface area (Å²) in [6.45, 7) is 8.77. The van der Waals surface area contributed by atoms with E-state index in [-0.39, 0.29) is 30.1 Å². The Labute approximate surface area is 188 Å². The van der Waals surface area contributed by atoms with Crippen molar-refractivity contribution in [1.82, 2.24) is 19.8 Å². The number of rotatable bonds is 4. The number of amides is 1. The fraction of sp³-hybridized carbons (Fsp3) is 0.550. The largest absolute Gasteiger partial charge is 0.444 e. The number of benzene rings is 1. The molecular weight excluding hydrogens is 483 g/mol. The third-order valence-electron chi connectivity index (χ3n) is 4.54. The van der Waals surface area contributed by atoms with E-state index in [1.165, 1.54) is 0 Å². The number of fused-ring (bicyclic) bond motifs is 1. The average Bonchev–Trinajstić information content (AvgIpc) is 3.06. The van der Waals surface area contributed by atoms with Crippen LogP contribution in [0.5, 0.6) is 0 Å². The van der Waals surface area contributed by atoms with Gasteiger partial charge in [0, 0.05) is 39.1 Å². The van der Waals surface area contributed by atoms with E-state index >= 15 is 0 Å². The molecule has 2 heterocycles. The van der Waals surface area contributed by atoms with Gasteiger partial charge in [-0.25, -0.2) is 9.78 Å². The molecular formula is C20H31IN6O2. The first kappa shape index (κ1) is 23.2. The number of piperazine rings is 1. The lowest BCUT2D eigenvalue weighted by Gasteiger charge is -2.36. The van der Waals surface area contributed by atoms with Gasteiger partial charge in [0.15, 0.2) is 5.96 Å². The maximum Gasteiger partial charge on any atom is 0.410 e. The first-order valence-corrected chi connectivity index (χ1v) is 9.78. The van der Waals surface area contributed by atoms with Gasteiger partial charge in [0.05, 0.1) is 11.0 Å². The van der Waals surface area contributed by atoms with Gasteiger partial charge in [-0.2, -0.15) is 0 Å². The van der Waals surface area contributed by atoms with Gasteiger partial charge in [0.1, 0.15) is 11.4 Å². The van der Waals surface area contributed by atoms with E-state index in [1.54, 1.807) is 4.90 Å². The number of carbonyl (C=O) groups is 1. The van der Waals surface area contributed by atoms with Crippen molar-refractivity contribution in [1.29, 1.82) is 0 Å². The number of hydrogen-bond donors (Lipinski definition) is 2. The van der Waals surface area contributed by atoms with Crippen molar-refractivity contribution in [3.63, 3.8) is 0 Å². The van der Waals surface area contributed by atoms with Crippen LogP contribution in [0.25, 0.3) is 11.0 Å². The van der Waals surface area contributed by atoms with Crippen LogP contribution in [0.1, 0.15) is 33.0 Å². The van der Waals surface area contributed by atoms with Gasteiger partial charge >= 0.3 is 6.09 Å². The number of nitrogens with one attached hydrogen (secondary N) is 1. The minimum absolute atomic E-state index is 0. The van der Waals surface area contributed by atoms with Crippen molar-refractivity contribution in [2.75, 3.05) is 32.7 Å². The van der Waals surface area contributed by atoms with Gasteiger partial charge in [-0.05, 0) is 39.3 Å². The highest BCUT2D eigenvalue weighted by atomic mass is 127. The Balaban J connectivity index is 0.00000300. The Hall–Kier alpha value is -2.04. The topological polar surface area (TPSA) is 99.8 Å². The van der Waals surface area contributed by atoms with Gasteiger partial charge in [-0.1, -0.05) is 12.1 Å². The second-order valence-electron chi connectivity index (χ2n) is 8.00. The van der Waals surface area contributed by atoms with Crippen LogP contribution in [0, 0.1) is 0 Å². The van der Waals surface area contributed by atoms with Crippen LogP contribution < -0.4 is 5.73 Å². The first-order chi connectivity index (χ1) is 13.3. The van der Waals surface area contributed by atoms with Gasteiger partial charge < -0.3 is 25.3 Å². The number of H-pyrrole nitrogens is 1. The van der Waals surface area contributed by atoms with E-state index in [0.717, 1.165) is 29.7 Å². The second kappa shape index (κ2) is 10.1. The van der Waals surface area contributed by atoms with Crippen molar-refractivity contribution in [2.45, 2.75) is 39.2 Å². The summed E-state index contributed by atoms with van der Waals surface area (Å²) < 4.78 is 5.41. The van der Waals surface area contributed by atoms with Gasteiger partial charge in [-0.15, -0.1) is 24.0 Å². The summed E-state index contributed by atoms with van der Waals surface area (Å²) in [4.78, 5) is 28.2. The zero-order chi connectivity index (χ0) is 20.1. The molecule has 0 bridgehead atoms. The summed E-state index contributed by atoms with van der Waals surface area (Å²) in [5.74, 6) is 1.51. The molecule has 0 unspecified atom stereocenters. The highest BCUT2D eigenvalue weighted by Gasteiger charge is 2.26. The van der Waals surface area contributed by atoms with E-state index < -0.39 is 5.60 Å². The number of nitrogens with zero attached hydrogens (tertiary/aromatic N) is 4. The number of para-hydroxylation sites is 2. The number of imidazole rings is 1. The molecule has 1 aromatic heterocycles. The SMILES string of the molecule is CC(C)(C)OC(=O)N1CCN(C(N)=NCCCc2nc3ccccc3[nH]2)CC1.I. The van der Waals surface area contributed by atoms with Crippen LogP contribution in [-0.2, 0) is 11.2 Å². The van der Waals surface area contributed by atoms with E-state index in [2.05, 4.69) is 15.0 Å². The van der Waals surface area contributed by atoms with Crippen molar-refractivity contribution in [3.8, 4) is 0 Å². The third-order valence-corrected chi connectivity index (χ3v) is 4.54. The molecule has 9 heteroatoms. The molecule has 2 aromatic rings. The molecule has 0 atom stereocenters. The highest BCUT2D eigenvalue weighted by Crippen LogP contribution is 2.13. The van der Waals surface area contributed by atoms with Crippen molar-refractivity contribution in [2.24, 2.45) is 10.7 Å². The highest BCUT2D eigenvalue weighted by molar-refractivity contribution is 14.0. The lowest BCUT2D eigenvalue weighted by molar-refractivity contribution is 0.0186. The summed E-state index contributed by atoms with van der Waals surface area (Å²) in [6.07, 6.45) is 1.43. The molecule has 0 radical (unpaired) electrons. The monoisotopic (exact) mass is 514 g/mol. The molecule has 8 nitrogen and oxygen atoms in total. The first-order valence-electron chi connectivity index (χ1n) is 9.78. The zero-order valence-electron chi connectivity index (χ0n) is 17.4. The summed E-state index contributed by atoms with van der Waals surface area (Å²) in [7, 11) is 0. The number of aromatic nitrogens is 2. The number of aryl methyl sites for hydroxylation is 1. The van der Waals surface area contributed by atoms with E-state index in [9.17, 15) is 4.79 Å². The van der Waals surface area contributed by atoms with Crippen molar-refractivity contribution >= 4 is 47.1 Å². The maximum atomic E-state index is 12.1. The lowest BCUT2D eigenvalue weighted by Crippen LogP contribution is -2.53. The smallest absolute Gasteiger partial charge is 0.410 e. The third kappa shape index (κ3) is 6.76. The lowest BCUT2D eigenvalue weighted by atomic mass is 10.2. The van der Waals surface area contributed by atoms with E-state index in [4.69, 9.17) is 10.5 Å². The van der Waals surface area contributed by atoms with Gasteiger partial charge in [0.25, 0.3) is 0 Å². The standard InChI is InChI=1S/C20H30N6O2.HI/c1-20(2,3)28-19(27)26-13-11-25(12-14-26)18(21)22-10-6-9-17-23-15-7-4-5-8-16(15)24-17;/h4-5,7-8H,6,9-14H2,1-3H3,(H2,21,22)(H,23,24);1H. The number of aliphatic imine (C=N–C) groups is 1. The zero-order valence-corrected chi connectivity index (χ0v) is 19.7. The van der Waals surface area contributed by atoms with E-state index in [0.29, 0.717) is 38.7 Å². The fourth-order valence-corrected chi connectivity index (χ4v) is 3.11. The molecule has 29 heavy (non-hydrogen) atoms. The number of aromatic amines is 1. The van der Waals surface area contributed by atoms with Crippen molar-refractivity contribution in [3.05, 3.63) is 30.1 Å². The average molecular weight is 514 g/mol. The number of hydrogen-bond acceptors (Lipinski definition) is 4. The van der Waals surface area contributed by atoms with Gasteiger partial charge in [-0.3, -0.25) is 4.99 Å². The van der Waals surface area contributed by atoms with Crippen LogP contribution in [0.2, 0.25) is 0 Å². The van der Waals surface area contributed by atoms with Crippen LogP contribution in [0.4, 0.5) is 4.79 Å². The van der Waals surface area contributed by atoms with Crippen LogP contribution in [0.15, 0.2) is 29.3 Å². The fourth-order valence-electron chi connectivity index (χ4n) is 3.11. The molecule has 3 rings (SSSR count). The summed E-state index contributed by atoms with van der Waals surface area (Å²) in [5, 5.41) is 0. The molecule has 1 aliphatic rings. The van der Waals surface area contributed by atoms with Crippen LogP contribution in [0.3, 0.4) is 0 Å². The van der Waals surface area contributed by atoms with Crippen molar-refractivity contribution < 1.29 is 9.53 Å². The number of carbonyl (C=O) groups excluding carboxylic acids is 1. The molecule has 0 spiro atoms. The molecule has 3 N–H and O–H groups in total. The van der Waals surface area contributed by atoms with Crippen LogP contribution in [-0.4, -0.2) is 70.1 Å². The Morgan fingerprint density at radius 2 is 1.86 bits per heavy atom. The summed E-state index contributed by atoms with van der Waals surface area (Å²) >= 11 is 0. The Morgan fingerprint density at radius 1 is 1.21 bits per heavy atom. The summed E-state index contributed by atoms with van der Waals surface area (Å²) in [6, 6.07) is 8.01. The molecule has 1 fully saturated rings. The number of nitrogens with two attached hydrogens (primary N) is 1. The molecule has 0 aliphatic carbocycles. The molecule has 1 saturated heterocycles. The predicted molar refractivity (Wildman–Crippen MR) is 126 cm³/mol. The number of ether oxygens (including phenoxy) is 1. The number of halogens is 1. The molecule has 0 saturated carbocycles. The molecule has 1 aromatic carbocycles. The maximum absolute atomic E-state index is 12.1. The molecule has 1 amide bonds. The molecule has 160 valence electrons. The molecule has 1 aliphatic heterocycles. The Morgan fingerprint density at radius 3 is 2.52 bits per heavy atom. The summed E-state index contributed by atoms with van der Waals surface area (Å²) in [5.41, 5.74) is 7.70. The second-order valence-corrected chi connectivity index (χ2v) is 8.00. The van der Waals surface area contributed by atoms with Gasteiger partial charge in [0.2, 0.25) is 0 Å². The Bertz CT molecular complexity index is 804. The van der Waals surface area contributed by atoms with Crippen LogP contribution >= 0.6 is 24.0 Å². The minimum Gasteiger partial charge on any atom is -0.444 e. The van der Waals surface area contributed by atoms with E-state index in [1.807, 2.05) is 49.9 Å². The minimum atomic E-state index is -0.478. The Kier molecular flexibility index (Phi) is 8.12. The predicted octanol–water partition coefficient (Wildman–Crippen LogP) is 2.98. The quantitative estimate of drug-likeness (QED) is 0.283. The number of guanidine groups is 1. The normalized spacial score (nSPS) is 15.3.